The van der Waals surface area contributed by atoms with Crippen molar-refractivity contribution in [2.24, 2.45) is 0 Å². The second-order valence-corrected chi connectivity index (χ2v) is 10.1. The van der Waals surface area contributed by atoms with Crippen LogP contribution in [-0.4, -0.2) is 30.0 Å². The van der Waals surface area contributed by atoms with Crippen molar-refractivity contribution < 1.29 is 0 Å². The van der Waals surface area contributed by atoms with Crippen LogP contribution < -0.4 is 0 Å². The molecule has 34 heavy (non-hydrogen) atoms. The van der Waals surface area contributed by atoms with Crippen molar-refractivity contribution in [2.45, 2.75) is 17.3 Å². The SMILES string of the molecule is Clc1ccc(-n2ncc(-c3nnn(Cc4ccc(Br)cc4)n3)c2SCc2ccccc2)c(Cl)c1. The van der Waals surface area contributed by atoms with Gasteiger partial charge in [0.25, 0.3) is 0 Å². The lowest BCUT2D eigenvalue weighted by Crippen LogP contribution is -2.04. The molecular formula is C24H17BrCl2N6S. The van der Waals surface area contributed by atoms with Gasteiger partial charge in [-0.2, -0.15) is 9.90 Å². The Morgan fingerprint density at radius 3 is 2.47 bits per heavy atom. The van der Waals surface area contributed by atoms with Crippen LogP contribution in [0.15, 0.2) is 88.5 Å². The molecule has 0 saturated heterocycles. The van der Waals surface area contributed by atoms with Gasteiger partial charge in [0.15, 0.2) is 0 Å². The summed E-state index contributed by atoms with van der Waals surface area (Å²) in [5, 5.41) is 19.7. The van der Waals surface area contributed by atoms with Crippen LogP contribution in [0, 0.1) is 0 Å². The lowest BCUT2D eigenvalue weighted by Gasteiger charge is -2.10. The van der Waals surface area contributed by atoms with E-state index in [4.69, 9.17) is 23.2 Å². The second kappa shape index (κ2) is 10.3. The molecule has 170 valence electrons. The fourth-order valence-electron chi connectivity index (χ4n) is 3.35. The van der Waals surface area contributed by atoms with E-state index in [0.29, 0.717) is 22.4 Å². The van der Waals surface area contributed by atoms with Crippen LogP contribution in [0.5, 0.6) is 0 Å². The zero-order valence-corrected chi connectivity index (χ0v) is 21.6. The predicted molar refractivity (Wildman–Crippen MR) is 140 cm³/mol. The largest absolute Gasteiger partial charge is 0.225 e. The Balaban J connectivity index is 1.49. The summed E-state index contributed by atoms with van der Waals surface area (Å²) in [5.74, 6) is 1.25. The van der Waals surface area contributed by atoms with Crippen molar-refractivity contribution >= 4 is 50.9 Å². The molecule has 5 rings (SSSR count). The smallest absolute Gasteiger partial charge is 0.209 e. The lowest BCUT2D eigenvalue weighted by atomic mass is 10.2. The second-order valence-electron chi connectivity index (χ2n) is 7.42. The Morgan fingerprint density at radius 1 is 0.912 bits per heavy atom. The minimum absolute atomic E-state index is 0.504. The highest BCUT2D eigenvalue weighted by molar-refractivity contribution is 9.10. The number of thioether (sulfide) groups is 1. The van der Waals surface area contributed by atoms with Crippen molar-refractivity contribution in [2.75, 3.05) is 0 Å². The molecule has 0 atom stereocenters. The molecule has 0 fully saturated rings. The van der Waals surface area contributed by atoms with Gasteiger partial charge in [-0.1, -0.05) is 81.6 Å². The molecular weight excluding hydrogens is 555 g/mol. The first-order valence-electron chi connectivity index (χ1n) is 10.3. The van der Waals surface area contributed by atoms with Gasteiger partial charge in [0.1, 0.15) is 5.03 Å². The molecule has 10 heteroatoms. The summed E-state index contributed by atoms with van der Waals surface area (Å²) < 4.78 is 2.83. The van der Waals surface area contributed by atoms with E-state index in [9.17, 15) is 0 Å². The van der Waals surface area contributed by atoms with Gasteiger partial charge < -0.3 is 0 Å². The third-order valence-corrected chi connectivity index (χ3v) is 7.22. The number of nitrogens with zero attached hydrogens (tertiary/aromatic N) is 6. The van der Waals surface area contributed by atoms with E-state index >= 15 is 0 Å². The minimum Gasteiger partial charge on any atom is -0.225 e. The number of tetrazole rings is 1. The molecule has 0 spiro atoms. The van der Waals surface area contributed by atoms with Crippen molar-refractivity contribution in [1.29, 1.82) is 0 Å². The molecule has 0 bridgehead atoms. The van der Waals surface area contributed by atoms with Gasteiger partial charge in [0.05, 0.1) is 29.0 Å². The Kier molecular flexibility index (Phi) is 7.01. The average Bonchev–Trinajstić information content (AvgIpc) is 3.47. The maximum absolute atomic E-state index is 6.51. The molecule has 2 heterocycles. The van der Waals surface area contributed by atoms with Gasteiger partial charge in [-0.3, -0.25) is 0 Å². The topological polar surface area (TPSA) is 61.4 Å². The van der Waals surface area contributed by atoms with E-state index < -0.39 is 0 Å². The highest BCUT2D eigenvalue weighted by Crippen LogP contribution is 2.35. The molecule has 2 aromatic heterocycles. The molecule has 0 aliphatic rings. The van der Waals surface area contributed by atoms with Crippen LogP contribution in [0.1, 0.15) is 11.1 Å². The van der Waals surface area contributed by atoms with Crippen molar-refractivity contribution in [1.82, 2.24) is 30.0 Å². The third kappa shape index (κ3) is 5.20. The highest BCUT2D eigenvalue weighted by atomic mass is 79.9. The van der Waals surface area contributed by atoms with E-state index in [1.165, 1.54) is 5.56 Å². The summed E-state index contributed by atoms with van der Waals surface area (Å²) in [6.45, 7) is 0.518. The van der Waals surface area contributed by atoms with Crippen LogP contribution in [0.25, 0.3) is 17.1 Å². The first-order valence-corrected chi connectivity index (χ1v) is 12.8. The van der Waals surface area contributed by atoms with Gasteiger partial charge in [0.2, 0.25) is 5.82 Å². The number of hydrogen-bond acceptors (Lipinski definition) is 5. The zero-order chi connectivity index (χ0) is 23.5. The summed E-state index contributed by atoms with van der Waals surface area (Å²) in [7, 11) is 0. The maximum atomic E-state index is 6.51. The first kappa shape index (κ1) is 23.1. The fourth-order valence-corrected chi connectivity index (χ4v) is 5.17. The molecule has 0 aliphatic carbocycles. The number of aromatic nitrogens is 6. The van der Waals surface area contributed by atoms with E-state index in [2.05, 4.69) is 48.6 Å². The summed E-state index contributed by atoms with van der Waals surface area (Å²) in [6.07, 6.45) is 1.75. The van der Waals surface area contributed by atoms with Crippen molar-refractivity contribution in [3.8, 4) is 17.1 Å². The van der Waals surface area contributed by atoms with Crippen molar-refractivity contribution in [3.63, 3.8) is 0 Å². The van der Waals surface area contributed by atoms with Crippen molar-refractivity contribution in [3.05, 3.63) is 105 Å². The number of rotatable bonds is 7. The van der Waals surface area contributed by atoms with Crippen LogP contribution in [0.4, 0.5) is 0 Å². The van der Waals surface area contributed by atoms with Crippen LogP contribution in [0.3, 0.4) is 0 Å². The van der Waals surface area contributed by atoms with E-state index in [1.807, 2.05) is 48.5 Å². The molecule has 0 unspecified atom stereocenters. The van der Waals surface area contributed by atoms with Gasteiger partial charge in [0, 0.05) is 15.2 Å². The zero-order valence-electron chi connectivity index (χ0n) is 17.6. The Hall–Kier alpha value is -2.65. The van der Waals surface area contributed by atoms with Gasteiger partial charge >= 0.3 is 0 Å². The van der Waals surface area contributed by atoms with E-state index in [0.717, 1.165) is 32.1 Å². The van der Waals surface area contributed by atoms with Crippen LogP contribution in [-0.2, 0) is 12.3 Å². The molecule has 0 saturated carbocycles. The normalized spacial score (nSPS) is 11.1. The predicted octanol–water partition coefficient (Wildman–Crippen LogP) is 6.94. The first-order chi connectivity index (χ1) is 16.6. The number of halogens is 3. The number of benzene rings is 3. The summed E-state index contributed by atoms with van der Waals surface area (Å²) in [6, 6.07) is 23.6. The lowest BCUT2D eigenvalue weighted by molar-refractivity contribution is 0.573. The average molecular weight is 572 g/mol. The standard InChI is InChI=1S/C24H17BrCl2N6S/c25-18-8-6-16(7-9-18)14-32-30-23(29-31-32)20-13-28-33(22-11-10-19(26)12-21(22)27)24(20)34-15-17-4-2-1-3-5-17/h1-13H,14-15H2. The summed E-state index contributed by atoms with van der Waals surface area (Å²) in [5.41, 5.74) is 3.79. The minimum atomic E-state index is 0.504. The monoisotopic (exact) mass is 570 g/mol. The Labute approximate surface area is 219 Å². The van der Waals surface area contributed by atoms with Crippen LogP contribution in [0.2, 0.25) is 10.0 Å². The quantitative estimate of drug-likeness (QED) is 0.198. The van der Waals surface area contributed by atoms with Gasteiger partial charge in [-0.05, 0) is 46.7 Å². The maximum Gasteiger partial charge on any atom is 0.209 e. The number of hydrogen-bond donors (Lipinski definition) is 0. The molecule has 6 nitrogen and oxygen atoms in total. The van der Waals surface area contributed by atoms with Gasteiger partial charge in [-0.15, -0.1) is 22.0 Å². The molecule has 5 aromatic rings. The van der Waals surface area contributed by atoms with E-state index in [-0.39, 0.29) is 0 Å². The molecule has 3 aromatic carbocycles. The molecule has 0 amide bonds. The molecule has 0 aliphatic heterocycles. The Bertz CT molecular complexity index is 1420. The third-order valence-electron chi connectivity index (χ3n) is 5.01. The fraction of sp³-hybridized carbons (Fsp3) is 0.0833. The molecule has 0 N–H and O–H groups in total. The van der Waals surface area contributed by atoms with E-state index in [1.54, 1.807) is 39.6 Å². The highest BCUT2D eigenvalue weighted by Gasteiger charge is 2.20. The summed E-state index contributed by atoms with van der Waals surface area (Å²) in [4.78, 5) is 1.58. The Morgan fingerprint density at radius 2 is 1.71 bits per heavy atom. The van der Waals surface area contributed by atoms with Gasteiger partial charge in [-0.25, -0.2) is 4.68 Å². The summed E-state index contributed by atoms with van der Waals surface area (Å²) >= 11 is 17.7. The van der Waals surface area contributed by atoms with Crippen LogP contribution >= 0.6 is 50.9 Å². The molecule has 0 radical (unpaired) electrons.